The van der Waals surface area contributed by atoms with E-state index in [0.29, 0.717) is 12.5 Å². The van der Waals surface area contributed by atoms with Crippen LogP contribution >= 0.6 is 0 Å². The number of β-lactam (4-membered cyclic amide) rings is 1. The van der Waals surface area contributed by atoms with Crippen LogP contribution in [0.3, 0.4) is 0 Å². The number of nitrogens with one attached hydrogen (secondary N) is 1. The molecule has 0 aromatic carbocycles. The van der Waals surface area contributed by atoms with E-state index in [1.54, 1.807) is 0 Å². The largest absolute Gasteiger partial charge is 0.347 e. The van der Waals surface area contributed by atoms with Crippen LogP contribution < -0.4 is 5.32 Å². The van der Waals surface area contributed by atoms with Crippen LogP contribution in [0.1, 0.15) is 37.0 Å². The Kier molecular flexibility index (Phi) is 1.28. The second-order valence-electron chi connectivity index (χ2n) is 3.78. The first kappa shape index (κ1) is 7.12. The van der Waals surface area contributed by atoms with Crippen molar-refractivity contribution in [3.05, 3.63) is 18.2 Å². The minimum Gasteiger partial charge on any atom is -0.347 e. The van der Waals surface area contributed by atoms with E-state index in [1.165, 1.54) is 18.5 Å². The van der Waals surface area contributed by atoms with E-state index in [2.05, 4.69) is 14.9 Å². The molecule has 2 aliphatic rings. The fraction of sp³-hybridized carbons (Fsp3) is 0.556. The van der Waals surface area contributed by atoms with Crippen molar-refractivity contribution in [2.75, 3.05) is 0 Å². The van der Waals surface area contributed by atoms with Gasteiger partial charge in [0.1, 0.15) is 0 Å². The van der Waals surface area contributed by atoms with Crippen LogP contribution in [0.2, 0.25) is 0 Å². The Morgan fingerprint density at radius 1 is 1.54 bits per heavy atom. The molecule has 68 valence electrons. The van der Waals surface area contributed by atoms with Crippen LogP contribution in [0.5, 0.6) is 0 Å². The first-order valence-corrected chi connectivity index (χ1v) is 4.65. The highest BCUT2D eigenvalue weighted by molar-refractivity contribution is 5.83. The monoisotopic (exact) mass is 177 g/mol. The molecule has 2 fully saturated rings. The predicted molar refractivity (Wildman–Crippen MR) is 46.0 cm³/mol. The molecule has 1 aliphatic carbocycles. The van der Waals surface area contributed by atoms with Gasteiger partial charge in [-0.2, -0.15) is 0 Å². The first-order chi connectivity index (χ1) is 6.34. The van der Waals surface area contributed by atoms with E-state index < -0.39 is 0 Å². The first-order valence-electron chi connectivity index (χ1n) is 4.65. The molecule has 1 aromatic heterocycles. The fourth-order valence-corrected chi connectivity index (χ4v) is 1.78. The number of carbonyl (C=O) groups excluding carboxylic acids is 1. The summed E-state index contributed by atoms with van der Waals surface area (Å²) in [5.74, 6) is 0.147. The molecule has 1 aromatic rings. The third kappa shape index (κ3) is 1.05. The maximum absolute atomic E-state index is 10.8. The lowest BCUT2D eigenvalue weighted by atomic mass is 10.0. The minimum atomic E-state index is 0.147. The van der Waals surface area contributed by atoms with Gasteiger partial charge in [-0.3, -0.25) is 4.79 Å². The Morgan fingerprint density at radius 3 is 2.92 bits per heavy atom. The van der Waals surface area contributed by atoms with Gasteiger partial charge in [0.15, 0.2) is 0 Å². The lowest BCUT2D eigenvalue weighted by Crippen LogP contribution is -2.42. The highest BCUT2D eigenvalue weighted by Crippen LogP contribution is 2.38. The molecule has 1 aliphatic heterocycles. The van der Waals surface area contributed by atoms with Crippen molar-refractivity contribution in [3.63, 3.8) is 0 Å². The van der Waals surface area contributed by atoms with Gasteiger partial charge in [0, 0.05) is 6.04 Å². The molecule has 1 saturated carbocycles. The number of hydrogen-bond acceptors (Lipinski definition) is 2. The molecule has 0 bridgehead atoms. The van der Waals surface area contributed by atoms with Gasteiger partial charge in [0.25, 0.3) is 0 Å². The average Bonchev–Trinajstić information content (AvgIpc) is 2.80. The van der Waals surface area contributed by atoms with E-state index >= 15 is 0 Å². The van der Waals surface area contributed by atoms with E-state index in [9.17, 15) is 4.79 Å². The number of hydrogen-bond donors (Lipinski definition) is 1. The second kappa shape index (κ2) is 2.34. The van der Waals surface area contributed by atoms with Gasteiger partial charge in [-0.15, -0.1) is 0 Å². The number of imidazole rings is 1. The molecule has 1 amide bonds. The van der Waals surface area contributed by atoms with E-state index in [-0.39, 0.29) is 11.9 Å². The number of rotatable bonds is 2. The lowest BCUT2D eigenvalue weighted by molar-refractivity contribution is -0.128. The Labute approximate surface area is 76.0 Å². The van der Waals surface area contributed by atoms with Gasteiger partial charge in [-0.25, -0.2) is 4.98 Å². The third-order valence-electron chi connectivity index (χ3n) is 2.72. The van der Waals surface area contributed by atoms with Crippen molar-refractivity contribution in [3.8, 4) is 0 Å². The van der Waals surface area contributed by atoms with Crippen molar-refractivity contribution in [2.24, 2.45) is 0 Å². The summed E-state index contributed by atoms with van der Waals surface area (Å²) in [5.41, 5.74) is 1.17. The van der Waals surface area contributed by atoms with Crippen molar-refractivity contribution in [1.29, 1.82) is 0 Å². The summed E-state index contributed by atoms with van der Waals surface area (Å²) < 4.78 is 2.20. The zero-order valence-electron chi connectivity index (χ0n) is 7.23. The summed E-state index contributed by atoms with van der Waals surface area (Å²) in [6.07, 6.45) is 6.87. The summed E-state index contributed by atoms with van der Waals surface area (Å²) in [4.78, 5) is 14.9. The molecule has 0 radical (unpaired) electrons. The van der Waals surface area contributed by atoms with Gasteiger partial charge >= 0.3 is 0 Å². The molecule has 4 heteroatoms. The smallest absolute Gasteiger partial charge is 0.223 e. The van der Waals surface area contributed by atoms with Gasteiger partial charge < -0.3 is 9.88 Å². The Balaban J connectivity index is 1.86. The normalized spacial score (nSPS) is 26.8. The summed E-state index contributed by atoms with van der Waals surface area (Å²) >= 11 is 0. The van der Waals surface area contributed by atoms with Crippen molar-refractivity contribution >= 4 is 5.91 Å². The van der Waals surface area contributed by atoms with Gasteiger partial charge in [0.2, 0.25) is 5.91 Å². The molecule has 1 atom stereocenters. The fourth-order valence-electron chi connectivity index (χ4n) is 1.78. The van der Waals surface area contributed by atoms with Crippen molar-refractivity contribution < 1.29 is 4.79 Å². The highest BCUT2D eigenvalue weighted by atomic mass is 16.2. The Bertz CT molecular complexity index is 345. The lowest BCUT2D eigenvalue weighted by Gasteiger charge is -2.27. The number of amides is 1. The minimum absolute atomic E-state index is 0.147. The SMILES string of the molecule is O=C1CC(c2cncn2C2CC2)N1. The number of aromatic nitrogens is 2. The summed E-state index contributed by atoms with van der Waals surface area (Å²) in [7, 11) is 0. The molecular weight excluding hydrogens is 166 g/mol. The predicted octanol–water partition coefficient (Wildman–Crippen LogP) is 0.779. The average molecular weight is 177 g/mol. The number of nitrogens with zero attached hydrogens (tertiary/aromatic N) is 2. The third-order valence-corrected chi connectivity index (χ3v) is 2.72. The maximum atomic E-state index is 10.8. The Morgan fingerprint density at radius 2 is 2.31 bits per heavy atom. The zero-order valence-corrected chi connectivity index (χ0v) is 7.23. The van der Waals surface area contributed by atoms with Crippen molar-refractivity contribution in [2.45, 2.75) is 31.3 Å². The molecule has 0 spiro atoms. The highest BCUT2D eigenvalue weighted by Gasteiger charge is 2.33. The molecule has 1 N–H and O–H groups in total. The molecule has 3 rings (SSSR count). The van der Waals surface area contributed by atoms with Gasteiger partial charge in [-0.1, -0.05) is 0 Å². The summed E-state index contributed by atoms with van der Waals surface area (Å²) in [5, 5.41) is 2.87. The van der Waals surface area contributed by atoms with Crippen LogP contribution in [0.25, 0.3) is 0 Å². The maximum Gasteiger partial charge on any atom is 0.223 e. The van der Waals surface area contributed by atoms with E-state index in [0.717, 1.165) is 0 Å². The topological polar surface area (TPSA) is 46.9 Å². The molecule has 4 nitrogen and oxygen atoms in total. The standard InChI is InChI=1S/C9H11N3O/c13-9-3-7(11-9)8-4-10-5-12(8)6-1-2-6/h4-7H,1-3H2,(H,11,13). The summed E-state index contributed by atoms with van der Waals surface area (Å²) in [6, 6.07) is 0.866. The molecule has 1 unspecified atom stereocenters. The van der Waals surface area contributed by atoms with Gasteiger partial charge in [0.05, 0.1) is 30.7 Å². The van der Waals surface area contributed by atoms with Crippen molar-refractivity contribution in [1.82, 2.24) is 14.9 Å². The van der Waals surface area contributed by atoms with Crippen LogP contribution in [0, 0.1) is 0 Å². The quantitative estimate of drug-likeness (QED) is 0.678. The Hall–Kier alpha value is -1.32. The molecule has 2 heterocycles. The molecule has 1 saturated heterocycles. The van der Waals surface area contributed by atoms with Crippen LogP contribution in [0.15, 0.2) is 12.5 Å². The molecule has 13 heavy (non-hydrogen) atoms. The second-order valence-corrected chi connectivity index (χ2v) is 3.78. The van der Waals surface area contributed by atoms with E-state index in [4.69, 9.17) is 0 Å². The number of carbonyl (C=O) groups is 1. The van der Waals surface area contributed by atoms with Gasteiger partial charge in [-0.05, 0) is 12.8 Å². The summed E-state index contributed by atoms with van der Waals surface area (Å²) in [6.45, 7) is 0. The molecular formula is C9H11N3O. The van der Waals surface area contributed by atoms with Crippen LogP contribution in [0.4, 0.5) is 0 Å². The van der Waals surface area contributed by atoms with Crippen LogP contribution in [-0.4, -0.2) is 15.5 Å². The zero-order chi connectivity index (χ0) is 8.84. The van der Waals surface area contributed by atoms with Crippen LogP contribution in [-0.2, 0) is 4.79 Å². The van der Waals surface area contributed by atoms with E-state index in [1.807, 2.05) is 12.5 Å².